The Morgan fingerprint density at radius 2 is 1.96 bits per heavy atom. The van der Waals surface area contributed by atoms with Crippen LogP contribution in [-0.2, 0) is 36.7 Å². The van der Waals surface area contributed by atoms with Gasteiger partial charge in [0.25, 0.3) is 0 Å². The van der Waals surface area contributed by atoms with Gasteiger partial charge in [-0.15, -0.1) is 0 Å². The maximum Gasteiger partial charge on any atom is 0.244 e. The Balaban J connectivity index is 1.70. The molecule has 3 heterocycles. The molecule has 0 radical (unpaired) electrons. The Bertz CT molecular complexity index is 897. The van der Waals surface area contributed by atoms with Crippen molar-refractivity contribution in [2.24, 2.45) is 13.0 Å². The van der Waals surface area contributed by atoms with E-state index in [0.29, 0.717) is 17.3 Å². The third-order valence-electron chi connectivity index (χ3n) is 4.71. The van der Waals surface area contributed by atoms with E-state index < -0.39 is 10.0 Å². The van der Waals surface area contributed by atoms with E-state index in [4.69, 9.17) is 0 Å². The van der Waals surface area contributed by atoms with Gasteiger partial charge in [-0.25, -0.2) is 13.1 Å². The number of hydrogen-bond acceptors (Lipinski definition) is 5. The van der Waals surface area contributed by atoms with Gasteiger partial charge >= 0.3 is 0 Å². The number of rotatable bonds is 6. The van der Waals surface area contributed by atoms with Crippen LogP contribution in [0.4, 0.5) is 0 Å². The Morgan fingerprint density at radius 1 is 1.23 bits per heavy atom. The van der Waals surface area contributed by atoms with Crippen molar-refractivity contribution in [1.82, 2.24) is 29.2 Å². The molecule has 0 aliphatic carbocycles. The van der Waals surface area contributed by atoms with Gasteiger partial charge in [0.05, 0.1) is 35.9 Å². The maximum absolute atomic E-state index is 12.7. The van der Waals surface area contributed by atoms with E-state index in [0.717, 1.165) is 37.6 Å². The van der Waals surface area contributed by atoms with Crippen LogP contribution in [0.25, 0.3) is 0 Å². The van der Waals surface area contributed by atoms with Crippen LogP contribution >= 0.6 is 0 Å². The molecule has 1 aliphatic heterocycles. The van der Waals surface area contributed by atoms with E-state index in [-0.39, 0.29) is 11.4 Å². The summed E-state index contributed by atoms with van der Waals surface area (Å²) in [6, 6.07) is 2.00. The van der Waals surface area contributed by atoms with Gasteiger partial charge in [-0.05, 0) is 25.8 Å². The third kappa shape index (κ3) is 3.84. The molecule has 1 aliphatic rings. The molecule has 144 valence electrons. The Hall–Kier alpha value is -1.71. The number of nitrogens with zero attached hydrogens (tertiary/aromatic N) is 5. The number of sulfonamides is 1. The van der Waals surface area contributed by atoms with Crippen LogP contribution in [0.15, 0.2) is 11.0 Å². The average molecular weight is 381 g/mol. The predicted octanol–water partition coefficient (Wildman–Crippen LogP) is 1.18. The first-order chi connectivity index (χ1) is 12.2. The maximum atomic E-state index is 12.7. The lowest BCUT2D eigenvalue weighted by molar-refractivity contribution is 0.192. The van der Waals surface area contributed by atoms with E-state index in [2.05, 4.69) is 33.7 Å². The van der Waals surface area contributed by atoms with Crippen molar-refractivity contribution in [3.8, 4) is 0 Å². The van der Waals surface area contributed by atoms with Crippen LogP contribution in [0.1, 0.15) is 36.6 Å². The zero-order chi connectivity index (χ0) is 19.1. The summed E-state index contributed by atoms with van der Waals surface area (Å²) in [4.78, 5) is 2.67. The molecule has 0 saturated carbocycles. The fourth-order valence-electron chi connectivity index (χ4n) is 3.52. The van der Waals surface area contributed by atoms with Gasteiger partial charge < -0.3 is 0 Å². The molecule has 0 aromatic carbocycles. The lowest BCUT2D eigenvalue weighted by Crippen LogP contribution is -2.36. The summed E-state index contributed by atoms with van der Waals surface area (Å²) in [5, 5.41) is 8.74. The summed E-state index contributed by atoms with van der Waals surface area (Å²) in [6.07, 6.45) is 0. The predicted molar refractivity (Wildman–Crippen MR) is 99.0 cm³/mol. The number of nitrogens with one attached hydrogen (secondary N) is 1. The fraction of sp³-hybridized carbons (Fsp3) is 0.647. The second-order valence-electron chi connectivity index (χ2n) is 7.43. The highest BCUT2D eigenvalue weighted by Gasteiger charge is 2.24. The molecule has 9 heteroatoms. The second kappa shape index (κ2) is 7.13. The molecule has 26 heavy (non-hydrogen) atoms. The second-order valence-corrected chi connectivity index (χ2v) is 9.13. The van der Waals surface area contributed by atoms with Gasteiger partial charge in [-0.1, -0.05) is 13.8 Å². The van der Waals surface area contributed by atoms with Gasteiger partial charge in [0.2, 0.25) is 10.0 Å². The topological polar surface area (TPSA) is 85.0 Å². The highest BCUT2D eigenvalue weighted by molar-refractivity contribution is 7.89. The molecule has 0 saturated heterocycles. The van der Waals surface area contributed by atoms with Crippen LogP contribution in [-0.4, -0.2) is 46.0 Å². The first kappa shape index (κ1) is 19.1. The minimum Gasteiger partial charge on any atom is -0.295 e. The van der Waals surface area contributed by atoms with Crippen LogP contribution < -0.4 is 4.72 Å². The minimum absolute atomic E-state index is 0.181. The largest absolute Gasteiger partial charge is 0.295 e. The first-order valence-electron chi connectivity index (χ1n) is 8.95. The van der Waals surface area contributed by atoms with E-state index in [1.54, 1.807) is 25.6 Å². The van der Waals surface area contributed by atoms with Crippen molar-refractivity contribution in [1.29, 1.82) is 0 Å². The van der Waals surface area contributed by atoms with Gasteiger partial charge in [0.15, 0.2) is 0 Å². The van der Waals surface area contributed by atoms with Gasteiger partial charge in [0, 0.05) is 26.7 Å². The summed E-state index contributed by atoms with van der Waals surface area (Å²) in [6.45, 7) is 11.8. The summed E-state index contributed by atoms with van der Waals surface area (Å²) in [5.74, 6) is 0.627. The Morgan fingerprint density at radius 3 is 2.58 bits per heavy atom. The molecule has 0 bridgehead atoms. The summed E-state index contributed by atoms with van der Waals surface area (Å²) < 4.78 is 31.6. The smallest absolute Gasteiger partial charge is 0.244 e. The van der Waals surface area contributed by atoms with Crippen molar-refractivity contribution in [3.63, 3.8) is 0 Å². The molecule has 0 spiro atoms. The first-order valence-corrected chi connectivity index (χ1v) is 10.4. The Labute approximate surface area is 155 Å². The van der Waals surface area contributed by atoms with Crippen LogP contribution in [0.3, 0.4) is 0 Å². The van der Waals surface area contributed by atoms with Crippen LogP contribution in [0.5, 0.6) is 0 Å². The number of hydrogen-bond donors (Lipinski definition) is 1. The molecule has 0 fully saturated rings. The van der Waals surface area contributed by atoms with Crippen LogP contribution in [0.2, 0.25) is 0 Å². The van der Waals surface area contributed by atoms with Gasteiger partial charge in [0.1, 0.15) is 4.90 Å². The number of aryl methyl sites for hydroxylation is 2. The molecule has 1 N–H and O–H groups in total. The zero-order valence-corrected chi connectivity index (χ0v) is 17.0. The van der Waals surface area contributed by atoms with Crippen molar-refractivity contribution in [2.45, 2.75) is 52.2 Å². The normalized spacial score (nSPS) is 15.6. The van der Waals surface area contributed by atoms with Crippen molar-refractivity contribution in [3.05, 3.63) is 28.8 Å². The molecule has 2 aromatic heterocycles. The molecule has 0 atom stereocenters. The quantitative estimate of drug-likeness (QED) is 0.813. The molecular formula is C17H28N6O2S. The molecule has 3 rings (SSSR count). The summed E-state index contributed by atoms with van der Waals surface area (Å²) in [7, 11) is -1.88. The standard InChI is InChI=1S/C17H28N6O2S/c1-12(2)10-22-6-7-23-16(11-22)8-15(20-23)9-18-26(24,25)17-13(3)19-21(5)14(17)4/h8,12,18H,6-7,9-11H2,1-5H3. The summed E-state index contributed by atoms with van der Waals surface area (Å²) >= 11 is 0. The van der Waals surface area contributed by atoms with Gasteiger partial charge in [-0.2, -0.15) is 10.2 Å². The number of fused-ring (bicyclic) bond motifs is 1. The third-order valence-corrected chi connectivity index (χ3v) is 6.36. The number of aromatic nitrogens is 4. The Kier molecular flexibility index (Phi) is 5.23. The van der Waals surface area contributed by atoms with E-state index in [1.807, 2.05) is 10.7 Å². The van der Waals surface area contributed by atoms with E-state index in [9.17, 15) is 8.42 Å². The highest BCUT2D eigenvalue weighted by Crippen LogP contribution is 2.19. The minimum atomic E-state index is -3.62. The van der Waals surface area contributed by atoms with Crippen LogP contribution in [0, 0.1) is 19.8 Å². The van der Waals surface area contributed by atoms with E-state index in [1.165, 1.54) is 0 Å². The molecule has 0 amide bonds. The van der Waals surface area contributed by atoms with E-state index >= 15 is 0 Å². The van der Waals surface area contributed by atoms with Crippen molar-refractivity contribution >= 4 is 10.0 Å². The SMILES string of the molecule is Cc1nn(C)c(C)c1S(=O)(=O)NCc1cc2n(n1)CCN(CC(C)C)C2. The average Bonchev–Trinajstić information content (AvgIpc) is 3.05. The molecule has 8 nitrogen and oxygen atoms in total. The molecule has 2 aromatic rings. The fourth-order valence-corrected chi connectivity index (χ4v) is 4.96. The molecule has 0 unspecified atom stereocenters. The van der Waals surface area contributed by atoms with Crippen molar-refractivity contribution < 1.29 is 8.42 Å². The highest BCUT2D eigenvalue weighted by atomic mass is 32.2. The molecular weight excluding hydrogens is 352 g/mol. The summed E-state index contributed by atoms with van der Waals surface area (Å²) in [5.41, 5.74) is 3.02. The van der Waals surface area contributed by atoms with Crippen molar-refractivity contribution in [2.75, 3.05) is 13.1 Å². The van der Waals surface area contributed by atoms with Gasteiger partial charge in [-0.3, -0.25) is 14.3 Å². The monoisotopic (exact) mass is 380 g/mol. The lowest BCUT2D eigenvalue weighted by atomic mass is 10.2. The zero-order valence-electron chi connectivity index (χ0n) is 16.2. The lowest BCUT2D eigenvalue weighted by Gasteiger charge is -2.28.